The molecule has 1 heterocycles. The Morgan fingerprint density at radius 3 is 2.52 bits per heavy atom. The zero-order valence-corrected chi connectivity index (χ0v) is 15.6. The van der Waals surface area contributed by atoms with Crippen molar-refractivity contribution in [2.45, 2.75) is 19.8 Å². The molecule has 1 aliphatic rings. The van der Waals surface area contributed by atoms with E-state index in [0.29, 0.717) is 18.8 Å². The smallest absolute Gasteiger partial charge is 0.293 e. The Hall–Kier alpha value is -3.15. The van der Waals surface area contributed by atoms with Crippen LogP contribution in [0.25, 0.3) is 5.57 Å². The zero-order chi connectivity index (χ0) is 19.4. The molecule has 6 nitrogen and oxygen atoms in total. The molecule has 1 amide bonds. The van der Waals surface area contributed by atoms with E-state index in [-0.39, 0.29) is 17.2 Å². The molecule has 0 saturated heterocycles. The fraction of sp³-hybridized carbons (Fsp3) is 0.286. The quantitative estimate of drug-likeness (QED) is 0.646. The Balaban J connectivity index is 1.83. The summed E-state index contributed by atoms with van der Waals surface area (Å²) >= 11 is 0. The summed E-state index contributed by atoms with van der Waals surface area (Å²) < 4.78 is 0. The van der Waals surface area contributed by atoms with E-state index < -0.39 is 4.92 Å². The number of nitro groups is 1. The summed E-state index contributed by atoms with van der Waals surface area (Å²) in [6.45, 7) is 3.43. The number of rotatable bonds is 5. The normalized spacial score (nSPS) is 13.9. The van der Waals surface area contributed by atoms with Crippen LogP contribution in [0.2, 0.25) is 0 Å². The average Bonchev–Trinajstić information content (AvgIpc) is 2.73. The molecule has 1 aliphatic heterocycles. The SMILES string of the molecule is CCc1ccc(C2=CCN(c3ccc(C(=O)NC)cc3[N+](=O)[O-])CC2)cc1. The fourth-order valence-electron chi connectivity index (χ4n) is 3.33. The van der Waals surface area contributed by atoms with Crippen molar-refractivity contribution in [1.82, 2.24) is 5.32 Å². The Morgan fingerprint density at radius 2 is 1.96 bits per heavy atom. The highest BCUT2D eigenvalue weighted by Crippen LogP contribution is 2.32. The van der Waals surface area contributed by atoms with Crippen molar-refractivity contribution in [2.24, 2.45) is 0 Å². The van der Waals surface area contributed by atoms with Gasteiger partial charge in [0.2, 0.25) is 0 Å². The van der Waals surface area contributed by atoms with Crippen LogP contribution in [-0.2, 0) is 6.42 Å². The third-order valence-corrected chi connectivity index (χ3v) is 4.94. The number of hydrogen-bond donors (Lipinski definition) is 1. The number of carbonyl (C=O) groups excluding carboxylic acids is 1. The molecule has 0 saturated carbocycles. The average molecular weight is 365 g/mol. The van der Waals surface area contributed by atoms with Gasteiger partial charge in [-0.1, -0.05) is 37.3 Å². The first-order valence-corrected chi connectivity index (χ1v) is 9.07. The number of hydrogen-bond acceptors (Lipinski definition) is 4. The molecular weight excluding hydrogens is 342 g/mol. The van der Waals surface area contributed by atoms with Crippen molar-refractivity contribution in [2.75, 3.05) is 25.0 Å². The van der Waals surface area contributed by atoms with Crippen LogP contribution < -0.4 is 10.2 Å². The largest absolute Gasteiger partial charge is 0.362 e. The summed E-state index contributed by atoms with van der Waals surface area (Å²) in [5.41, 5.74) is 4.57. The van der Waals surface area contributed by atoms with Crippen LogP contribution in [0.5, 0.6) is 0 Å². The van der Waals surface area contributed by atoms with Gasteiger partial charge in [0.15, 0.2) is 0 Å². The number of carbonyl (C=O) groups is 1. The van der Waals surface area contributed by atoms with Gasteiger partial charge in [0, 0.05) is 31.8 Å². The third kappa shape index (κ3) is 4.00. The molecule has 0 unspecified atom stereocenters. The second-order valence-corrected chi connectivity index (χ2v) is 6.52. The lowest BCUT2D eigenvalue weighted by Gasteiger charge is -2.28. The Labute approximate surface area is 158 Å². The van der Waals surface area contributed by atoms with Crippen molar-refractivity contribution in [3.63, 3.8) is 0 Å². The standard InChI is InChI=1S/C21H23N3O3/c1-3-15-4-6-16(7-5-15)17-10-12-23(13-11-17)19-9-8-18(21(25)22-2)14-20(19)24(26)27/h4-10,14H,3,11-13H2,1-2H3,(H,22,25). The monoisotopic (exact) mass is 365 g/mol. The molecule has 6 heteroatoms. The minimum absolute atomic E-state index is 0.0414. The molecule has 140 valence electrons. The number of nitrogens with one attached hydrogen (secondary N) is 1. The topological polar surface area (TPSA) is 75.5 Å². The van der Waals surface area contributed by atoms with E-state index in [2.05, 4.69) is 42.6 Å². The van der Waals surface area contributed by atoms with Crippen molar-refractivity contribution in [3.05, 3.63) is 75.3 Å². The van der Waals surface area contributed by atoms with Gasteiger partial charge in [-0.15, -0.1) is 0 Å². The molecule has 0 aliphatic carbocycles. The van der Waals surface area contributed by atoms with Gasteiger partial charge in [-0.05, 0) is 41.7 Å². The number of aryl methyl sites for hydroxylation is 1. The maximum atomic E-state index is 11.8. The van der Waals surface area contributed by atoms with E-state index in [1.807, 2.05) is 4.90 Å². The molecule has 2 aromatic carbocycles. The molecule has 0 bridgehead atoms. The maximum absolute atomic E-state index is 11.8. The number of nitrogens with zero attached hydrogens (tertiary/aromatic N) is 2. The Kier molecular flexibility index (Phi) is 5.54. The van der Waals surface area contributed by atoms with Crippen molar-refractivity contribution in [1.29, 1.82) is 0 Å². The summed E-state index contributed by atoms with van der Waals surface area (Å²) in [5.74, 6) is -0.332. The lowest BCUT2D eigenvalue weighted by molar-refractivity contribution is -0.384. The number of nitro benzene ring substituents is 1. The van der Waals surface area contributed by atoms with E-state index in [9.17, 15) is 14.9 Å². The number of anilines is 1. The molecule has 0 radical (unpaired) electrons. The first kappa shape index (κ1) is 18.6. The van der Waals surface area contributed by atoms with Gasteiger partial charge in [-0.2, -0.15) is 0 Å². The molecule has 0 fully saturated rings. The van der Waals surface area contributed by atoms with Gasteiger partial charge in [0.25, 0.3) is 11.6 Å². The second-order valence-electron chi connectivity index (χ2n) is 6.52. The maximum Gasteiger partial charge on any atom is 0.293 e. The van der Waals surface area contributed by atoms with Gasteiger partial charge in [0.05, 0.1) is 4.92 Å². The minimum atomic E-state index is -0.426. The first-order valence-electron chi connectivity index (χ1n) is 9.07. The highest BCUT2D eigenvalue weighted by Gasteiger charge is 2.23. The van der Waals surface area contributed by atoms with Crippen LogP contribution in [0.4, 0.5) is 11.4 Å². The molecule has 0 spiro atoms. The summed E-state index contributed by atoms with van der Waals surface area (Å²) in [5, 5.41) is 14.0. The molecular formula is C21H23N3O3. The van der Waals surface area contributed by atoms with Gasteiger partial charge in [0.1, 0.15) is 5.69 Å². The Bertz CT molecular complexity index is 888. The van der Waals surface area contributed by atoms with E-state index in [4.69, 9.17) is 0 Å². The summed E-state index contributed by atoms with van der Waals surface area (Å²) in [7, 11) is 1.51. The van der Waals surface area contributed by atoms with Gasteiger partial charge < -0.3 is 10.2 Å². The lowest BCUT2D eigenvalue weighted by Crippen LogP contribution is -2.29. The summed E-state index contributed by atoms with van der Waals surface area (Å²) in [6.07, 6.45) is 3.96. The zero-order valence-electron chi connectivity index (χ0n) is 15.6. The van der Waals surface area contributed by atoms with Crippen LogP contribution in [0.3, 0.4) is 0 Å². The summed E-state index contributed by atoms with van der Waals surface area (Å²) in [6, 6.07) is 13.2. The highest BCUT2D eigenvalue weighted by atomic mass is 16.6. The van der Waals surface area contributed by atoms with Crippen LogP contribution in [0, 0.1) is 10.1 Å². The van der Waals surface area contributed by atoms with Gasteiger partial charge in [-0.3, -0.25) is 14.9 Å². The first-order chi connectivity index (χ1) is 13.0. The molecule has 27 heavy (non-hydrogen) atoms. The van der Waals surface area contributed by atoms with E-state index >= 15 is 0 Å². The number of benzene rings is 2. The van der Waals surface area contributed by atoms with Crippen LogP contribution >= 0.6 is 0 Å². The van der Waals surface area contributed by atoms with E-state index in [1.165, 1.54) is 29.8 Å². The molecule has 2 aromatic rings. The number of amides is 1. The van der Waals surface area contributed by atoms with Crippen LogP contribution in [-0.4, -0.2) is 31.0 Å². The van der Waals surface area contributed by atoms with E-state index in [0.717, 1.165) is 12.8 Å². The highest BCUT2D eigenvalue weighted by molar-refractivity contribution is 5.95. The summed E-state index contributed by atoms with van der Waals surface area (Å²) in [4.78, 5) is 24.8. The minimum Gasteiger partial charge on any atom is -0.362 e. The van der Waals surface area contributed by atoms with Crippen LogP contribution in [0.15, 0.2) is 48.5 Å². The van der Waals surface area contributed by atoms with Crippen molar-refractivity contribution in [3.8, 4) is 0 Å². The van der Waals surface area contributed by atoms with Crippen LogP contribution in [0.1, 0.15) is 34.8 Å². The predicted octanol–water partition coefficient (Wildman–Crippen LogP) is 3.81. The second kappa shape index (κ2) is 8.03. The molecule has 0 aromatic heterocycles. The lowest BCUT2D eigenvalue weighted by atomic mass is 9.97. The van der Waals surface area contributed by atoms with E-state index in [1.54, 1.807) is 12.1 Å². The fourth-order valence-corrected chi connectivity index (χ4v) is 3.33. The van der Waals surface area contributed by atoms with Gasteiger partial charge in [-0.25, -0.2) is 0 Å². The molecule has 3 rings (SSSR count). The van der Waals surface area contributed by atoms with Gasteiger partial charge >= 0.3 is 0 Å². The Morgan fingerprint density at radius 1 is 1.22 bits per heavy atom. The van der Waals surface area contributed by atoms with Crippen molar-refractivity contribution < 1.29 is 9.72 Å². The van der Waals surface area contributed by atoms with Crippen molar-refractivity contribution >= 4 is 22.9 Å². The third-order valence-electron chi connectivity index (χ3n) is 4.94. The predicted molar refractivity (Wildman–Crippen MR) is 107 cm³/mol. The molecule has 0 atom stereocenters. The molecule has 1 N–H and O–H groups in total.